The van der Waals surface area contributed by atoms with Crippen LogP contribution in [0.2, 0.25) is 4.34 Å². The minimum Gasteiger partial charge on any atom is -0.338 e. The summed E-state index contributed by atoms with van der Waals surface area (Å²) >= 11 is 7.37. The third-order valence-electron chi connectivity index (χ3n) is 4.64. The van der Waals surface area contributed by atoms with Crippen LogP contribution in [0.25, 0.3) is 0 Å². The second-order valence-corrected chi connectivity index (χ2v) is 7.18. The van der Waals surface area contributed by atoms with E-state index < -0.39 is 0 Å². The highest BCUT2D eigenvalue weighted by molar-refractivity contribution is 7.10. The Morgan fingerprint density at radius 1 is 1.33 bits per heavy atom. The van der Waals surface area contributed by atoms with E-state index in [1.54, 1.807) is 0 Å². The van der Waals surface area contributed by atoms with Crippen molar-refractivity contribution in [2.75, 3.05) is 13.1 Å². The molecule has 2 fully saturated rings. The van der Waals surface area contributed by atoms with E-state index in [0.29, 0.717) is 22.8 Å². The molecule has 21 heavy (non-hydrogen) atoms. The Morgan fingerprint density at radius 3 is 2.81 bits per heavy atom. The summed E-state index contributed by atoms with van der Waals surface area (Å²) in [5.41, 5.74) is 0.875. The van der Waals surface area contributed by atoms with Crippen LogP contribution < -0.4 is 0 Å². The van der Waals surface area contributed by atoms with Crippen molar-refractivity contribution in [1.29, 1.82) is 0 Å². The van der Waals surface area contributed by atoms with Gasteiger partial charge in [-0.3, -0.25) is 9.69 Å². The summed E-state index contributed by atoms with van der Waals surface area (Å²) in [5, 5.41) is 4.12. The van der Waals surface area contributed by atoms with Gasteiger partial charge in [0.1, 0.15) is 10.0 Å². The fourth-order valence-electron chi connectivity index (χ4n) is 3.67. The third-order valence-corrected chi connectivity index (χ3v) is 5.63. The lowest BCUT2D eigenvalue weighted by molar-refractivity contribution is -0.132. The van der Waals surface area contributed by atoms with Crippen LogP contribution in [-0.4, -0.2) is 50.5 Å². The smallest absolute Gasteiger partial charge is 0.222 e. The molecule has 3 heterocycles. The van der Waals surface area contributed by atoms with Crippen molar-refractivity contribution in [3.05, 3.63) is 10.0 Å². The normalized spacial score (nSPS) is 26.7. The first-order valence-electron chi connectivity index (χ1n) is 7.71. The SMILES string of the molecule is CCC(=O)N1CCC[C@@H]1[C@@H]1CCCN1Cc1nnsc1Cl. The van der Waals surface area contributed by atoms with Gasteiger partial charge in [-0.25, -0.2) is 0 Å². The Hall–Kier alpha value is -0.720. The first-order chi connectivity index (χ1) is 10.2. The van der Waals surface area contributed by atoms with Gasteiger partial charge in [-0.15, -0.1) is 5.10 Å². The maximum absolute atomic E-state index is 12.1. The maximum Gasteiger partial charge on any atom is 0.222 e. The minimum atomic E-state index is 0.290. The van der Waals surface area contributed by atoms with Gasteiger partial charge in [-0.1, -0.05) is 23.0 Å². The largest absolute Gasteiger partial charge is 0.338 e. The van der Waals surface area contributed by atoms with Crippen molar-refractivity contribution in [3.8, 4) is 0 Å². The van der Waals surface area contributed by atoms with E-state index in [9.17, 15) is 4.79 Å². The number of carbonyl (C=O) groups is 1. The van der Waals surface area contributed by atoms with Gasteiger partial charge in [0.2, 0.25) is 5.91 Å². The number of amides is 1. The second kappa shape index (κ2) is 6.58. The van der Waals surface area contributed by atoms with Gasteiger partial charge in [0, 0.05) is 43.1 Å². The molecule has 0 saturated carbocycles. The van der Waals surface area contributed by atoms with Gasteiger partial charge in [-0.05, 0) is 32.2 Å². The zero-order valence-electron chi connectivity index (χ0n) is 12.3. The highest BCUT2D eigenvalue weighted by Gasteiger charge is 2.39. The van der Waals surface area contributed by atoms with Crippen molar-refractivity contribution >= 4 is 29.0 Å². The molecule has 3 rings (SSSR count). The molecule has 0 unspecified atom stereocenters. The highest BCUT2D eigenvalue weighted by Crippen LogP contribution is 2.32. The van der Waals surface area contributed by atoms with E-state index >= 15 is 0 Å². The molecule has 0 aliphatic carbocycles. The Bertz CT molecular complexity index is 509. The molecule has 0 N–H and O–H groups in total. The van der Waals surface area contributed by atoms with Gasteiger partial charge < -0.3 is 4.90 Å². The van der Waals surface area contributed by atoms with Crippen molar-refractivity contribution < 1.29 is 4.79 Å². The first kappa shape index (κ1) is 15.2. The molecule has 2 aliphatic heterocycles. The van der Waals surface area contributed by atoms with Crippen molar-refractivity contribution in [2.45, 2.75) is 57.7 Å². The van der Waals surface area contributed by atoms with Gasteiger partial charge in [-0.2, -0.15) is 0 Å². The predicted molar refractivity (Wildman–Crippen MR) is 83.4 cm³/mol. The van der Waals surface area contributed by atoms with Gasteiger partial charge in [0.05, 0.1) is 0 Å². The van der Waals surface area contributed by atoms with Crippen LogP contribution in [0, 0.1) is 0 Å². The lowest BCUT2D eigenvalue weighted by Gasteiger charge is -2.34. The van der Waals surface area contributed by atoms with Crippen LogP contribution in [-0.2, 0) is 11.3 Å². The fraction of sp³-hybridized carbons (Fsp3) is 0.786. The lowest BCUT2D eigenvalue weighted by atomic mass is 10.0. The molecule has 1 aromatic rings. The zero-order chi connectivity index (χ0) is 14.8. The summed E-state index contributed by atoms with van der Waals surface area (Å²) in [7, 11) is 0. The second-order valence-electron chi connectivity index (χ2n) is 5.82. The summed E-state index contributed by atoms with van der Waals surface area (Å²) in [6.45, 7) is 4.68. The van der Waals surface area contributed by atoms with Crippen molar-refractivity contribution in [3.63, 3.8) is 0 Å². The molecule has 2 saturated heterocycles. The van der Waals surface area contributed by atoms with E-state index in [1.807, 2.05) is 6.92 Å². The predicted octanol–water partition coefficient (Wildman–Crippen LogP) is 2.56. The quantitative estimate of drug-likeness (QED) is 0.852. The average molecular weight is 329 g/mol. The van der Waals surface area contributed by atoms with E-state index in [-0.39, 0.29) is 5.91 Å². The third kappa shape index (κ3) is 3.07. The molecule has 2 atom stereocenters. The van der Waals surface area contributed by atoms with Crippen LogP contribution >= 0.6 is 23.1 Å². The summed E-state index contributed by atoms with van der Waals surface area (Å²) < 4.78 is 4.60. The van der Waals surface area contributed by atoms with Crippen molar-refractivity contribution in [2.24, 2.45) is 0 Å². The lowest BCUT2D eigenvalue weighted by Crippen LogP contribution is -2.47. The topological polar surface area (TPSA) is 49.3 Å². The number of likely N-dealkylation sites (tertiary alicyclic amines) is 2. The molecule has 0 bridgehead atoms. The standard InChI is InChI=1S/C14H21ClN4OS/c1-2-13(20)19-8-4-6-12(19)11-5-3-7-18(11)9-10-14(15)21-17-16-10/h11-12H,2-9H2,1H3/t11-,12+/m0/s1. The number of carbonyl (C=O) groups excluding carboxylic acids is 1. The van der Waals surface area contributed by atoms with Crippen LogP contribution in [0.15, 0.2) is 0 Å². The van der Waals surface area contributed by atoms with Crippen LogP contribution in [0.3, 0.4) is 0 Å². The van der Waals surface area contributed by atoms with Crippen LogP contribution in [0.1, 0.15) is 44.7 Å². The Labute approximate surface area is 134 Å². The Kier molecular flexibility index (Phi) is 4.76. The minimum absolute atomic E-state index is 0.290. The van der Waals surface area contributed by atoms with Crippen molar-refractivity contribution in [1.82, 2.24) is 19.4 Å². The molecule has 2 aliphatic rings. The molecule has 0 radical (unpaired) electrons. The van der Waals surface area contributed by atoms with Gasteiger partial charge in [0.15, 0.2) is 0 Å². The zero-order valence-corrected chi connectivity index (χ0v) is 13.9. The molecular formula is C14H21ClN4OS. The molecule has 0 spiro atoms. The molecule has 5 nitrogen and oxygen atoms in total. The fourth-order valence-corrected chi connectivity index (χ4v) is 4.28. The first-order valence-corrected chi connectivity index (χ1v) is 8.86. The summed E-state index contributed by atoms with van der Waals surface area (Å²) in [5.74, 6) is 0.290. The number of hydrogen-bond donors (Lipinski definition) is 0. The number of hydrogen-bond acceptors (Lipinski definition) is 5. The molecule has 1 aromatic heterocycles. The monoisotopic (exact) mass is 328 g/mol. The molecule has 7 heteroatoms. The summed E-state index contributed by atoms with van der Waals surface area (Å²) in [6, 6.07) is 0.811. The van der Waals surface area contributed by atoms with E-state index in [1.165, 1.54) is 18.0 Å². The molecule has 1 amide bonds. The van der Waals surface area contributed by atoms with Crippen LogP contribution in [0.5, 0.6) is 0 Å². The van der Waals surface area contributed by atoms with E-state index in [4.69, 9.17) is 11.6 Å². The van der Waals surface area contributed by atoms with Crippen LogP contribution in [0.4, 0.5) is 0 Å². The number of aromatic nitrogens is 2. The molecule has 116 valence electrons. The average Bonchev–Trinajstić information content (AvgIpc) is 3.20. The highest BCUT2D eigenvalue weighted by atomic mass is 35.5. The summed E-state index contributed by atoms with van der Waals surface area (Å²) in [6.07, 6.45) is 5.19. The van der Waals surface area contributed by atoms with Gasteiger partial charge in [0.25, 0.3) is 0 Å². The molecule has 0 aromatic carbocycles. The van der Waals surface area contributed by atoms with E-state index in [2.05, 4.69) is 19.4 Å². The van der Waals surface area contributed by atoms with E-state index in [0.717, 1.165) is 44.6 Å². The molecular weight excluding hydrogens is 308 g/mol. The van der Waals surface area contributed by atoms with Gasteiger partial charge >= 0.3 is 0 Å². The maximum atomic E-state index is 12.1. The number of rotatable bonds is 4. The number of nitrogens with zero attached hydrogens (tertiary/aromatic N) is 4. The number of halogens is 1. The Morgan fingerprint density at radius 2 is 2.10 bits per heavy atom. The summed E-state index contributed by atoms with van der Waals surface area (Å²) in [4.78, 5) is 16.7. The Balaban J connectivity index is 1.71.